The molecule has 2 heterocycles. The quantitative estimate of drug-likeness (QED) is 0.519. The first-order valence-electron chi connectivity index (χ1n) is 14.2. The lowest BCUT2D eigenvalue weighted by Gasteiger charge is -2.39. The zero-order chi connectivity index (χ0) is 26.8. The standard InChI is InChI=1S/C31H37N5O3/c1-39-31(38)34-25-13-7-8-14-26(25)36-20-33-28(29(36)21-9-3-2-4-10-21)30(37)35-16-15-32-19-27(35)24-17-22-11-5-6-12-23(22)18-24/h2-6,9-12,20,24-27,32H,7-8,13-19H2,1H3,(H,34,38)/t25-,26-,27-/m0/s1. The largest absolute Gasteiger partial charge is 0.453 e. The SMILES string of the molecule is COC(=O)N[C@H]1CCCC[C@@H]1n1cnc(C(=O)N2CCNC[C@H]2C2Cc3ccccc3C2)c1-c1ccccc1. The van der Waals surface area contributed by atoms with E-state index in [1.54, 1.807) is 6.33 Å². The molecule has 39 heavy (non-hydrogen) atoms. The van der Waals surface area contributed by atoms with Gasteiger partial charge < -0.3 is 24.8 Å². The predicted molar refractivity (Wildman–Crippen MR) is 150 cm³/mol. The van der Waals surface area contributed by atoms with Gasteiger partial charge in [0.05, 0.1) is 31.2 Å². The fourth-order valence-electron chi connectivity index (χ4n) is 6.87. The van der Waals surface area contributed by atoms with E-state index in [1.807, 2.05) is 30.3 Å². The highest BCUT2D eigenvalue weighted by atomic mass is 16.5. The summed E-state index contributed by atoms with van der Waals surface area (Å²) in [6, 6.07) is 18.7. The van der Waals surface area contributed by atoms with Crippen LogP contribution in [0, 0.1) is 5.92 Å². The van der Waals surface area contributed by atoms with Crippen LogP contribution in [-0.2, 0) is 17.6 Å². The number of aromatic nitrogens is 2. The number of imidazole rings is 1. The molecule has 2 fully saturated rings. The monoisotopic (exact) mass is 527 g/mol. The second kappa shape index (κ2) is 11.2. The first kappa shape index (κ1) is 25.6. The Bertz CT molecular complexity index is 1300. The summed E-state index contributed by atoms with van der Waals surface area (Å²) >= 11 is 0. The van der Waals surface area contributed by atoms with Crippen molar-refractivity contribution in [3.8, 4) is 11.3 Å². The second-order valence-electron chi connectivity index (χ2n) is 11.0. The number of fused-ring (bicyclic) bond motifs is 1. The van der Waals surface area contributed by atoms with Gasteiger partial charge in [-0.3, -0.25) is 4.79 Å². The van der Waals surface area contributed by atoms with E-state index >= 15 is 0 Å². The molecule has 3 aliphatic rings. The third-order valence-electron chi connectivity index (χ3n) is 8.79. The lowest BCUT2D eigenvalue weighted by atomic mass is 9.89. The highest BCUT2D eigenvalue weighted by molar-refractivity contribution is 5.98. The van der Waals surface area contributed by atoms with Gasteiger partial charge in [0.25, 0.3) is 5.91 Å². The lowest BCUT2D eigenvalue weighted by Crippen LogP contribution is -2.57. The van der Waals surface area contributed by atoms with E-state index in [4.69, 9.17) is 9.72 Å². The summed E-state index contributed by atoms with van der Waals surface area (Å²) in [6.45, 7) is 2.23. The first-order chi connectivity index (χ1) is 19.1. The molecule has 1 aliphatic heterocycles. The van der Waals surface area contributed by atoms with Gasteiger partial charge in [-0.2, -0.15) is 0 Å². The number of hydrogen-bond donors (Lipinski definition) is 2. The molecule has 6 rings (SSSR count). The van der Waals surface area contributed by atoms with Crippen LogP contribution >= 0.6 is 0 Å². The van der Waals surface area contributed by atoms with Crippen LogP contribution in [0.2, 0.25) is 0 Å². The zero-order valence-corrected chi connectivity index (χ0v) is 22.5. The number of methoxy groups -OCH3 is 1. The average molecular weight is 528 g/mol. The minimum atomic E-state index is -0.425. The molecule has 0 radical (unpaired) electrons. The van der Waals surface area contributed by atoms with E-state index in [9.17, 15) is 9.59 Å². The van der Waals surface area contributed by atoms with Crippen molar-refractivity contribution in [2.24, 2.45) is 5.92 Å². The van der Waals surface area contributed by atoms with Crippen molar-refractivity contribution < 1.29 is 14.3 Å². The van der Waals surface area contributed by atoms with Crippen molar-refractivity contribution in [1.29, 1.82) is 0 Å². The highest BCUT2D eigenvalue weighted by Gasteiger charge is 2.39. The zero-order valence-electron chi connectivity index (χ0n) is 22.5. The van der Waals surface area contributed by atoms with Crippen molar-refractivity contribution in [3.05, 3.63) is 77.7 Å². The van der Waals surface area contributed by atoms with Gasteiger partial charge in [-0.1, -0.05) is 67.4 Å². The number of amides is 2. The molecule has 1 saturated heterocycles. The number of rotatable bonds is 5. The van der Waals surface area contributed by atoms with Crippen molar-refractivity contribution in [3.63, 3.8) is 0 Å². The summed E-state index contributed by atoms with van der Waals surface area (Å²) in [5.41, 5.74) is 5.08. The maximum atomic E-state index is 14.4. The summed E-state index contributed by atoms with van der Waals surface area (Å²) in [7, 11) is 1.39. The first-order valence-corrected chi connectivity index (χ1v) is 14.2. The Hall–Kier alpha value is -3.65. The number of alkyl carbamates (subject to hydrolysis) is 1. The fourth-order valence-corrected chi connectivity index (χ4v) is 6.87. The van der Waals surface area contributed by atoms with Gasteiger partial charge in [-0.15, -0.1) is 0 Å². The second-order valence-corrected chi connectivity index (χ2v) is 11.0. The van der Waals surface area contributed by atoms with Crippen molar-refractivity contribution in [2.75, 3.05) is 26.7 Å². The van der Waals surface area contributed by atoms with Crippen molar-refractivity contribution >= 4 is 12.0 Å². The normalized spacial score (nSPS) is 23.3. The smallest absolute Gasteiger partial charge is 0.407 e. The molecule has 204 valence electrons. The summed E-state index contributed by atoms with van der Waals surface area (Å²) < 4.78 is 7.05. The Kier molecular flexibility index (Phi) is 7.37. The summed E-state index contributed by atoms with van der Waals surface area (Å²) in [5, 5.41) is 6.57. The molecular weight excluding hydrogens is 490 g/mol. The molecule has 3 aromatic rings. The maximum Gasteiger partial charge on any atom is 0.407 e. The molecule has 0 spiro atoms. The number of piperazine rings is 1. The van der Waals surface area contributed by atoms with Crippen LogP contribution in [0.4, 0.5) is 4.79 Å². The summed E-state index contributed by atoms with van der Waals surface area (Å²) in [4.78, 5) is 33.4. The molecule has 8 heteroatoms. The molecule has 2 aliphatic carbocycles. The number of nitrogens with one attached hydrogen (secondary N) is 2. The number of hydrogen-bond acceptors (Lipinski definition) is 5. The Labute approximate surface area is 229 Å². The van der Waals surface area contributed by atoms with Crippen LogP contribution in [0.3, 0.4) is 0 Å². The lowest BCUT2D eigenvalue weighted by molar-refractivity contribution is 0.0549. The molecular formula is C31H37N5O3. The minimum absolute atomic E-state index is 0.00902. The predicted octanol–water partition coefficient (Wildman–Crippen LogP) is 4.22. The average Bonchev–Trinajstić information content (AvgIpc) is 3.62. The van der Waals surface area contributed by atoms with Crippen LogP contribution in [0.1, 0.15) is 53.3 Å². The van der Waals surface area contributed by atoms with Crippen molar-refractivity contribution in [2.45, 2.75) is 56.7 Å². The molecule has 1 aromatic heterocycles. The summed E-state index contributed by atoms with van der Waals surface area (Å²) in [6.07, 6.45) is 7.23. The number of ether oxygens (including phenoxy) is 1. The van der Waals surface area contributed by atoms with E-state index in [-0.39, 0.29) is 24.0 Å². The van der Waals surface area contributed by atoms with Crippen LogP contribution < -0.4 is 10.6 Å². The molecule has 2 aromatic carbocycles. The number of nitrogens with zero attached hydrogens (tertiary/aromatic N) is 3. The van der Waals surface area contributed by atoms with E-state index in [0.29, 0.717) is 18.2 Å². The van der Waals surface area contributed by atoms with E-state index in [2.05, 4.69) is 44.4 Å². The Morgan fingerprint density at radius 3 is 2.44 bits per heavy atom. The van der Waals surface area contributed by atoms with Crippen molar-refractivity contribution in [1.82, 2.24) is 25.1 Å². The van der Waals surface area contributed by atoms with E-state index in [0.717, 1.165) is 62.9 Å². The molecule has 3 atom stereocenters. The number of carbonyl (C=O) groups excluding carboxylic acids is 2. The molecule has 8 nitrogen and oxygen atoms in total. The van der Waals surface area contributed by atoms with Crippen LogP contribution in [0.15, 0.2) is 60.9 Å². The van der Waals surface area contributed by atoms with Gasteiger partial charge in [0.15, 0.2) is 5.69 Å². The van der Waals surface area contributed by atoms with Gasteiger partial charge in [-0.05, 0) is 42.7 Å². The Morgan fingerprint density at radius 2 is 1.69 bits per heavy atom. The molecule has 2 amide bonds. The molecule has 2 N–H and O–H groups in total. The topological polar surface area (TPSA) is 88.5 Å². The Morgan fingerprint density at radius 1 is 0.974 bits per heavy atom. The van der Waals surface area contributed by atoms with Crippen LogP contribution in [0.5, 0.6) is 0 Å². The van der Waals surface area contributed by atoms with Gasteiger partial charge in [0.1, 0.15) is 0 Å². The summed E-state index contributed by atoms with van der Waals surface area (Å²) in [5.74, 6) is 0.372. The van der Waals surface area contributed by atoms with E-state index in [1.165, 1.54) is 18.2 Å². The van der Waals surface area contributed by atoms with E-state index < -0.39 is 6.09 Å². The highest BCUT2D eigenvalue weighted by Crippen LogP contribution is 2.36. The van der Waals surface area contributed by atoms with Gasteiger partial charge >= 0.3 is 6.09 Å². The number of carbonyl (C=O) groups is 2. The van der Waals surface area contributed by atoms with Gasteiger partial charge in [-0.25, -0.2) is 9.78 Å². The molecule has 0 unspecified atom stereocenters. The third-order valence-corrected chi connectivity index (χ3v) is 8.79. The third kappa shape index (κ3) is 5.05. The van der Waals surface area contributed by atoms with Crippen LogP contribution in [0.25, 0.3) is 11.3 Å². The minimum Gasteiger partial charge on any atom is -0.453 e. The van der Waals surface area contributed by atoms with Crippen LogP contribution in [-0.4, -0.2) is 65.3 Å². The molecule has 1 saturated carbocycles. The number of benzene rings is 2. The maximum absolute atomic E-state index is 14.4. The van der Waals surface area contributed by atoms with Gasteiger partial charge in [0.2, 0.25) is 0 Å². The van der Waals surface area contributed by atoms with Gasteiger partial charge in [0, 0.05) is 31.2 Å². The Balaban J connectivity index is 1.34. The fraction of sp³-hybridized carbons (Fsp3) is 0.452. The molecule has 0 bridgehead atoms.